The van der Waals surface area contributed by atoms with E-state index >= 15 is 0 Å². The maximum atomic E-state index is 14.7. The number of halogens is 1. The van der Waals surface area contributed by atoms with Crippen molar-refractivity contribution in [2.24, 2.45) is 7.05 Å². The number of para-hydroxylation sites is 1. The Bertz CT molecular complexity index is 1880. The Labute approximate surface area is 247 Å². The summed E-state index contributed by atoms with van der Waals surface area (Å²) in [5, 5.41) is 16.0. The average Bonchev–Trinajstić information content (AvgIpc) is 3.39. The van der Waals surface area contributed by atoms with Crippen LogP contribution in [0.1, 0.15) is 28.3 Å². The van der Waals surface area contributed by atoms with Gasteiger partial charge in [0.15, 0.2) is 0 Å². The number of benzene rings is 3. The Morgan fingerprint density at radius 2 is 1.88 bits per heavy atom. The summed E-state index contributed by atoms with van der Waals surface area (Å²) in [5.74, 6) is -0.821. The van der Waals surface area contributed by atoms with Crippen molar-refractivity contribution in [3.63, 3.8) is 0 Å². The van der Waals surface area contributed by atoms with Gasteiger partial charge in [0.05, 0.1) is 37.3 Å². The van der Waals surface area contributed by atoms with Crippen molar-refractivity contribution in [1.82, 2.24) is 19.8 Å². The predicted molar refractivity (Wildman–Crippen MR) is 163 cm³/mol. The van der Waals surface area contributed by atoms with Crippen molar-refractivity contribution in [3.05, 3.63) is 105 Å². The number of carbonyl (C=O) groups is 1. The summed E-state index contributed by atoms with van der Waals surface area (Å²) in [6, 6.07) is 18.6. The number of hydrogen-bond acceptors (Lipinski definition) is 5. The van der Waals surface area contributed by atoms with Crippen LogP contribution in [0.3, 0.4) is 0 Å². The molecule has 0 radical (unpaired) electrons. The molecule has 0 aliphatic carbocycles. The highest BCUT2D eigenvalue weighted by atomic mass is 19.1. The Balaban J connectivity index is 1.52. The van der Waals surface area contributed by atoms with E-state index in [1.807, 2.05) is 18.2 Å². The number of aromatic amines is 1. The number of urea groups is 1. The van der Waals surface area contributed by atoms with Gasteiger partial charge in [0, 0.05) is 48.7 Å². The third-order valence-corrected chi connectivity index (χ3v) is 8.17. The molecule has 3 aromatic carbocycles. The molecule has 2 amide bonds. The Kier molecular flexibility index (Phi) is 7.77. The van der Waals surface area contributed by atoms with Gasteiger partial charge in [0.2, 0.25) is 0 Å². The van der Waals surface area contributed by atoms with E-state index < -0.39 is 17.3 Å². The van der Waals surface area contributed by atoms with Gasteiger partial charge in [-0.05, 0) is 60.0 Å². The number of ether oxygens (including phenoxy) is 2. The number of fused-ring (bicyclic) bond motifs is 2. The number of H-pyrrole nitrogens is 1. The average molecular weight is 585 g/mol. The van der Waals surface area contributed by atoms with Crippen LogP contribution in [0.4, 0.5) is 9.18 Å². The Morgan fingerprint density at radius 1 is 1.09 bits per heavy atom. The molecular weight excluding hydrogens is 551 g/mol. The molecule has 9 nitrogen and oxygen atoms in total. The zero-order chi connectivity index (χ0) is 30.1. The number of carbonyl (C=O) groups excluding carboxylic acids is 1. The number of amides is 2. The number of rotatable bonds is 7. The Morgan fingerprint density at radius 3 is 2.65 bits per heavy atom. The molecule has 3 heterocycles. The third kappa shape index (κ3) is 5.30. The molecule has 1 atom stereocenters. The number of nitrogens with one attached hydrogen (secondary N) is 2. The number of pyridine rings is 1. The first-order valence-electron chi connectivity index (χ1n) is 14.2. The van der Waals surface area contributed by atoms with E-state index in [9.17, 15) is 19.1 Å². The van der Waals surface area contributed by atoms with Crippen LogP contribution >= 0.6 is 0 Å². The van der Waals surface area contributed by atoms with E-state index in [1.54, 1.807) is 55.5 Å². The molecule has 43 heavy (non-hydrogen) atoms. The van der Waals surface area contributed by atoms with E-state index in [4.69, 9.17) is 9.47 Å². The van der Waals surface area contributed by atoms with E-state index in [0.717, 1.165) is 16.5 Å². The maximum absolute atomic E-state index is 14.7. The first-order chi connectivity index (χ1) is 20.9. The molecule has 6 rings (SSSR count). The molecule has 0 saturated carbocycles. The van der Waals surface area contributed by atoms with Gasteiger partial charge in [0.1, 0.15) is 17.3 Å². The topological polar surface area (TPSA) is 109 Å². The molecular formula is C33H33FN4O5. The van der Waals surface area contributed by atoms with Gasteiger partial charge in [-0.3, -0.25) is 4.79 Å². The number of morpholine rings is 1. The smallest absolute Gasteiger partial charge is 0.317 e. The van der Waals surface area contributed by atoms with Crippen LogP contribution in [0.15, 0.2) is 71.5 Å². The number of aromatic hydroxyl groups is 1. The van der Waals surface area contributed by atoms with Crippen LogP contribution in [0.5, 0.6) is 11.5 Å². The number of aromatic nitrogens is 2. The lowest BCUT2D eigenvalue weighted by molar-refractivity contribution is 0.0533. The van der Waals surface area contributed by atoms with Crippen LogP contribution in [0.25, 0.3) is 21.8 Å². The quantitative estimate of drug-likeness (QED) is 0.258. The minimum absolute atomic E-state index is 0.129. The van der Waals surface area contributed by atoms with Crippen molar-refractivity contribution >= 4 is 27.8 Å². The number of aryl methyl sites for hydroxylation is 1. The van der Waals surface area contributed by atoms with E-state index in [0.29, 0.717) is 67.2 Å². The molecule has 2 aromatic heterocycles. The largest absolute Gasteiger partial charge is 0.507 e. The molecule has 0 spiro atoms. The highest BCUT2D eigenvalue weighted by Crippen LogP contribution is 2.41. The van der Waals surface area contributed by atoms with E-state index in [2.05, 4.69) is 10.3 Å². The molecule has 1 aliphatic heterocycles. The monoisotopic (exact) mass is 584 g/mol. The third-order valence-electron chi connectivity index (χ3n) is 8.17. The normalized spacial score (nSPS) is 14.3. The van der Waals surface area contributed by atoms with Gasteiger partial charge in [-0.1, -0.05) is 24.3 Å². The molecule has 1 saturated heterocycles. The first-order valence-corrected chi connectivity index (χ1v) is 14.2. The van der Waals surface area contributed by atoms with Crippen LogP contribution < -0.4 is 15.6 Å². The number of methoxy groups -OCH3 is 1. The Hall–Kier alpha value is -4.83. The van der Waals surface area contributed by atoms with Gasteiger partial charge in [-0.15, -0.1) is 0 Å². The summed E-state index contributed by atoms with van der Waals surface area (Å²) in [4.78, 5) is 32.0. The zero-order valence-corrected chi connectivity index (χ0v) is 24.0. The van der Waals surface area contributed by atoms with Crippen LogP contribution in [-0.4, -0.2) is 65.5 Å². The predicted octanol–water partition coefficient (Wildman–Crippen LogP) is 4.64. The fourth-order valence-electron chi connectivity index (χ4n) is 5.99. The molecule has 1 unspecified atom stereocenters. The minimum atomic E-state index is -0.845. The summed E-state index contributed by atoms with van der Waals surface area (Å²) < 4.78 is 27.1. The lowest BCUT2D eigenvalue weighted by Crippen LogP contribution is -2.46. The van der Waals surface area contributed by atoms with E-state index in [-0.39, 0.29) is 17.3 Å². The summed E-state index contributed by atoms with van der Waals surface area (Å²) in [5.41, 5.74) is 3.04. The number of hydrogen-bond donors (Lipinski definition) is 3. The maximum Gasteiger partial charge on any atom is 0.317 e. The van der Waals surface area contributed by atoms with Crippen molar-refractivity contribution in [3.8, 4) is 11.5 Å². The van der Waals surface area contributed by atoms with E-state index in [1.165, 1.54) is 16.7 Å². The highest BCUT2D eigenvalue weighted by molar-refractivity contribution is 5.89. The molecule has 222 valence electrons. The van der Waals surface area contributed by atoms with Gasteiger partial charge in [-0.25, -0.2) is 9.18 Å². The van der Waals surface area contributed by atoms with Crippen molar-refractivity contribution in [2.75, 3.05) is 40.0 Å². The van der Waals surface area contributed by atoms with Crippen molar-refractivity contribution in [2.45, 2.75) is 12.3 Å². The fraction of sp³-hybridized carbons (Fsp3) is 0.273. The lowest BCUT2D eigenvalue weighted by atomic mass is 9.85. The summed E-state index contributed by atoms with van der Waals surface area (Å²) in [6.45, 7) is 2.35. The lowest BCUT2D eigenvalue weighted by Gasteiger charge is -2.27. The summed E-state index contributed by atoms with van der Waals surface area (Å²) in [6.07, 6.45) is 0.402. The van der Waals surface area contributed by atoms with Gasteiger partial charge < -0.3 is 34.3 Å². The highest BCUT2D eigenvalue weighted by Gasteiger charge is 2.31. The van der Waals surface area contributed by atoms with Crippen molar-refractivity contribution in [1.29, 1.82) is 0 Å². The fourth-order valence-corrected chi connectivity index (χ4v) is 5.99. The molecule has 3 N–H and O–H groups in total. The molecule has 0 bridgehead atoms. The summed E-state index contributed by atoms with van der Waals surface area (Å²) in [7, 11) is 3.25. The molecule has 10 heteroatoms. The van der Waals surface area contributed by atoms with Crippen molar-refractivity contribution < 1.29 is 23.8 Å². The SMILES string of the molecule is COc1ccc2[nH]c(C(c3cccc(F)c3)c3c(O)c4ccccc4n(C)c3=O)c(CCNC(=O)N3CCOCC3)c2c1. The van der Waals surface area contributed by atoms with Gasteiger partial charge in [-0.2, -0.15) is 0 Å². The van der Waals surface area contributed by atoms with Crippen LogP contribution in [-0.2, 0) is 18.2 Å². The molecule has 1 fully saturated rings. The van der Waals surface area contributed by atoms with Crippen LogP contribution in [0.2, 0.25) is 0 Å². The standard InChI is InChI=1S/C33H33FN4O5/c1-37-27-9-4-3-8-24(27)31(39)29(32(37)40)28(20-6-5-7-21(34)18-20)30-23(25-19-22(42-2)10-11-26(25)36-30)12-13-35-33(41)38-14-16-43-17-15-38/h3-11,18-19,28,36,39H,12-17H2,1-2H3,(H,35,41). The van der Waals surface area contributed by atoms with Gasteiger partial charge in [0.25, 0.3) is 5.56 Å². The van der Waals surface area contributed by atoms with Crippen LogP contribution in [0, 0.1) is 5.82 Å². The summed E-state index contributed by atoms with van der Waals surface area (Å²) >= 11 is 0. The second-order valence-corrected chi connectivity index (χ2v) is 10.6. The number of nitrogens with zero attached hydrogens (tertiary/aromatic N) is 2. The molecule has 1 aliphatic rings. The second-order valence-electron chi connectivity index (χ2n) is 10.6. The zero-order valence-electron chi connectivity index (χ0n) is 24.0. The van der Waals surface area contributed by atoms with Gasteiger partial charge >= 0.3 is 6.03 Å². The minimum Gasteiger partial charge on any atom is -0.507 e. The first kappa shape index (κ1) is 28.3. The second kappa shape index (κ2) is 11.8. The molecule has 5 aromatic rings.